The summed E-state index contributed by atoms with van der Waals surface area (Å²) in [4.78, 5) is 7.53. The lowest BCUT2D eigenvalue weighted by atomic mass is 9.92. The summed E-state index contributed by atoms with van der Waals surface area (Å²) in [5.41, 5.74) is 0. The number of aryl methyl sites for hydroxylation is 1. The highest BCUT2D eigenvalue weighted by atomic mass is 15.3. The number of nitrogens with one attached hydrogen (secondary N) is 2. The van der Waals surface area contributed by atoms with E-state index in [4.69, 9.17) is 4.99 Å². The standard InChI is InChI=1S/C20H37N7/c1-3-19-25-23-16-27(19)14-12-22-20(21-4-2)24-17-9-8-13-26(15-17)18-10-6-5-7-11-18/h16-18H,3-15H2,1-2H3,(H2,21,22,24). The average Bonchev–Trinajstić information content (AvgIpc) is 3.16. The Morgan fingerprint density at radius 1 is 1.19 bits per heavy atom. The Morgan fingerprint density at radius 3 is 2.81 bits per heavy atom. The van der Waals surface area contributed by atoms with Gasteiger partial charge in [0, 0.05) is 38.1 Å². The van der Waals surface area contributed by atoms with Gasteiger partial charge in [0.2, 0.25) is 0 Å². The highest BCUT2D eigenvalue weighted by molar-refractivity contribution is 5.80. The smallest absolute Gasteiger partial charge is 0.191 e. The summed E-state index contributed by atoms with van der Waals surface area (Å²) in [6.07, 6.45) is 12.2. The second-order valence-electron chi connectivity index (χ2n) is 7.83. The molecule has 7 heteroatoms. The van der Waals surface area contributed by atoms with Crippen LogP contribution in [0.15, 0.2) is 11.3 Å². The lowest BCUT2D eigenvalue weighted by molar-refractivity contribution is 0.115. The first-order chi connectivity index (χ1) is 13.3. The molecule has 0 bridgehead atoms. The molecule has 2 N–H and O–H groups in total. The Balaban J connectivity index is 1.51. The van der Waals surface area contributed by atoms with Gasteiger partial charge in [-0.05, 0) is 39.2 Å². The van der Waals surface area contributed by atoms with Gasteiger partial charge in [0.15, 0.2) is 5.96 Å². The van der Waals surface area contributed by atoms with E-state index in [0.29, 0.717) is 6.04 Å². The Kier molecular flexibility index (Phi) is 7.93. The van der Waals surface area contributed by atoms with E-state index in [9.17, 15) is 0 Å². The van der Waals surface area contributed by atoms with Gasteiger partial charge in [-0.1, -0.05) is 26.2 Å². The fraction of sp³-hybridized carbons (Fsp3) is 0.850. The minimum atomic E-state index is 0.500. The van der Waals surface area contributed by atoms with Crippen LogP contribution in [0.2, 0.25) is 0 Å². The maximum absolute atomic E-state index is 4.79. The first kappa shape index (κ1) is 20.1. The second-order valence-corrected chi connectivity index (χ2v) is 7.83. The van der Waals surface area contributed by atoms with Crippen LogP contribution >= 0.6 is 0 Å². The van der Waals surface area contributed by atoms with Crippen LogP contribution in [0.4, 0.5) is 0 Å². The zero-order valence-corrected chi connectivity index (χ0v) is 17.2. The van der Waals surface area contributed by atoms with E-state index in [1.165, 1.54) is 51.5 Å². The maximum atomic E-state index is 4.79. The van der Waals surface area contributed by atoms with Crippen molar-refractivity contribution in [2.24, 2.45) is 4.99 Å². The molecule has 0 aromatic carbocycles. The molecule has 2 heterocycles. The van der Waals surface area contributed by atoms with Crippen LogP contribution in [0.25, 0.3) is 0 Å². The van der Waals surface area contributed by atoms with Gasteiger partial charge in [0.25, 0.3) is 0 Å². The van der Waals surface area contributed by atoms with Gasteiger partial charge in [-0.3, -0.25) is 9.89 Å². The summed E-state index contributed by atoms with van der Waals surface area (Å²) in [6, 6.07) is 1.31. The predicted molar refractivity (Wildman–Crippen MR) is 110 cm³/mol. The van der Waals surface area contributed by atoms with Crippen molar-refractivity contribution >= 4 is 5.96 Å². The van der Waals surface area contributed by atoms with Crippen molar-refractivity contribution in [3.8, 4) is 0 Å². The fourth-order valence-corrected chi connectivity index (χ4v) is 4.42. The molecule has 1 aliphatic carbocycles. The first-order valence-electron chi connectivity index (χ1n) is 11.0. The van der Waals surface area contributed by atoms with Gasteiger partial charge in [-0.15, -0.1) is 10.2 Å². The number of hydrogen-bond acceptors (Lipinski definition) is 4. The molecule has 1 saturated carbocycles. The topological polar surface area (TPSA) is 70.4 Å². The maximum Gasteiger partial charge on any atom is 0.191 e. The van der Waals surface area contributed by atoms with Crippen LogP contribution in [0.5, 0.6) is 0 Å². The third kappa shape index (κ3) is 5.92. The van der Waals surface area contributed by atoms with Gasteiger partial charge in [-0.2, -0.15) is 0 Å². The van der Waals surface area contributed by atoms with E-state index in [-0.39, 0.29) is 0 Å². The van der Waals surface area contributed by atoms with Gasteiger partial charge >= 0.3 is 0 Å². The zero-order valence-electron chi connectivity index (χ0n) is 17.2. The fourth-order valence-electron chi connectivity index (χ4n) is 4.42. The molecule has 1 atom stereocenters. The minimum Gasteiger partial charge on any atom is -0.357 e. The van der Waals surface area contributed by atoms with Gasteiger partial charge in [0.05, 0.1) is 6.54 Å². The number of aromatic nitrogens is 3. The number of aliphatic imine (C=N–C) groups is 1. The molecule has 1 aromatic heterocycles. The first-order valence-corrected chi connectivity index (χ1v) is 11.0. The molecule has 0 radical (unpaired) electrons. The minimum absolute atomic E-state index is 0.500. The average molecular weight is 376 g/mol. The highest BCUT2D eigenvalue weighted by Gasteiger charge is 2.27. The monoisotopic (exact) mass is 375 g/mol. The van der Waals surface area contributed by atoms with Crippen molar-refractivity contribution in [3.05, 3.63) is 12.2 Å². The third-order valence-corrected chi connectivity index (χ3v) is 5.85. The lowest BCUT2D eigenvalue weighted by Crippen LogP contribution is -2.53. The molecule has 27 heavy (non-hydrogen) atoms. The van der Waals surface area contributed by atoms with Crippen molar-refractivity contribution in [2.45, 2.75) is 83.8 Å². The van der Waals surface area contributed by atoms with E-state index < -0.39 is 0 Å². The van der Waals surface area contributed by atoms with Crippen LogP contribution in [-0.4, -0.2) is 63.9 Å². The van der Waals surface area contributed by atoms with Crippen LogP contribution in [-0.2, 0) is 13.0 Å². The molecule has 3 rings (SSSR count). The summed E-state index contributed by atoms with van der Waals surface area (Å²) in [5.74, 6) is 1.97. The number of nitrogens with zero attached hydrogens (tertiary/aromatic N) is 5. The van der Waals surface area contributed by atoms with E-state index in [2.05, 4.69) is 44.1 Å². The van der Waals surface area contributed by atoms with Crippen molar-refractivity contribution < 1.29 is 0 Å². The van der Waals surface area contributed by atoms with Crippen molar-refractivity contribution in [1.82, 2.24) is 30.3 Å². The number of piperidine rings is 1. The van der Waals surface area contributed by atoms with Crippen molar-refractivity contribution in [3.63, 3.8) is 0 Å². The number of likely N-dealkylation sites (tertiary alicyclic amines) is 1. The molecule has 1 saturated heterocycles. The summed E-state index contributed by atoms with van der Waals surface area (Å²) in [5, 5.41) is 15.2. The molecule has 1 unspecified atom stereocenters. The largest absolute Gasteiger partial charge is 0.357 e. The van der Waals surface area contributed by atoms with Gasteiger partial charge in [-0.25, -0.2) is 0 Å². The van der Waals surface area contributed by atoms with Crippen molar-refractivity contribution in [1.29, 1.82) is 0 Å². The third-order valence-electron chi connectivity index (χ3n) is 5.85. The lowest BCUT2D eigenvalue weighted by Gasteiger charge is -2.40. The molecule has 152 valence electrons. The Labute approximate surface area is 164 Å². The van der Waals surface area contributed by atoms with E-state index in [0.717, 1.165) is 50.4 Å². The summed E-state index contributed by atoms with van der Waals surface area (Å²) in [6.45, 7) is 9.10. The SMILES string of the molecule is CCNC(=NCCn1cnnc1CC)NC1CCCN(C2CCCCC2)C1. The molecule has 7 nitrogen and oxygen atoms in total. The van der Waals surface area contributed by atoms with E-state index in [1.54, 1.807) is 6.33 Å². The van der Waals surface area contributed by atoms with Crippen LogP contribution < -0.4 is 10.6 Å². The Hall–Kier alpha value is -1.63. The quantitative estimate of drug-likeness (QED) is 0.565. The predicted octanol–water partition coefficient (Wildman–Crippen LogP) is 2.19. The highest BCUT2D eigenvalue weighted by Crippen LogP contribution is 2.25. The number of rotatable bonds is 7. The second kappa shape index (κ2) is 10.6. The molecular formula is C20H37N7. The van der Waals surface area contributed by atoms with Crippen LogP contribution in [0, 0.1) is 0 Å². The number of guanidine groups is 1. The van der Waals surface area contributed by atoms with Gasteiger partial charge in [0.1, 0.15) is 12.2 Å². The Bertz CT molecular complexity index is 577. The Morgan fingerprint density at radius 2 is 2.04 bits per heavy atom. The molecule has 0 spiro atoms. The molecule has 1 aromatic rings. The van der Waals surface area contributed by atoms with Crippen molar-refractivity contribution in [2.75, 3.05) is 26.2 Å². The number of hydrogen-bond donors (Lipinski definition) is 2. The zero-order chi connectivity index (χ0) is 18.9. The van der Waals surface area contributed by atoms with Crippen LogP contribution in [0.3, 0.4) is 0 Å². The summed E-state index contributed by atoms with van der Waals surface area (Å²) < 4.78 is 2.10. The summed E-state index contributed by atoms with van der Waals surface area (Å²) in [7, 11) is 0. The normalized spacial score (nSPS) is 22.7. The van der Waals surface area contributed by atoms with Gasteiger partial charge < -0.3 is 15.2 Å². The van der Waals surface area contributed by atoms with E-state index >= 15 is 0 Å². The van der Waals surface area contributed by atoms with Crippen LogP contribution in [0.1, 0.15) is 64.6 Å². The molecule has 0 amide bonds. The molecule has 1 aliphatic heterocycles. The molecule has 2 fully saturated rings. The summed E-state index contributed by atoms with van der Waals surface area (Å²) >= 11 is 0. The molecular weight excluding hydrogens is 338 g/mol. The van der Waals surface area contributed by atoms with E-state index in [1.807, 2.05) is 0 Å². The molecule has 2 aliphatic rings.